The molecule has 0 radical (unpaired) electrons. The van der Waals surface area contributed by atoms with Crippen molar-refractivity contribution in [2.45, 2.75) is 77.0 Å². The predicted molar refractivity (Wildman–Crippen MR) is 190 cm³/mol. The van der Waals surface area contributed by atoms with Gasteiger partial charge in [-0.3, -0.25) is 13.9 Å². The van der Waals surface area contributed by atoms with E-state index in [1.54, 1.807) is 18.5 Å². The zero-order chi connectivity index (χ0) is 34.0. The molecule has 2 fully saturated rings. The number of para-hydroxylation sites is 1. The summed E-state index contributed by atoms with van der Waals surface area (Å²) in [4.78, 5) is 21.4. The third kappa shape index (κ3) is 8.49. The van der Waals surface area contributed by atoms with Crippen molar-refractivity contribution in [3.63, 3.8) is 0 Å². The first-order valence-electron chi connectivity index (χ1n) is 16.3. The Morgan fingerprint density at radius 2 is 1.83 bits per heavy atom. The second-order valence-corrected chi connectivity index (χ2v) is 13.0. The fraction of sp³-hybridized carbons (Fsp3) is 0.459. The Balaban J connectivity index is 0.00000139. The third-order valence-corrected chi connectivity index (χ3v) is 9.15. The molecule has 0 aliphatic carbocycles. The van der Waals surface area contributed by atoms with E-state index in [0.717, 1.165) is 58.6 Å². The summed E-state index contributed by atoms with van der Waals surface area (Å²) in [6.45, 7) is 14.1. The van der Waals surface area contributed by atoms with Crippen LogP contribution in [0.4, 0.5) is 15.9 Å². The van der Waals surface area contributed by atoms with Crippen LogP contribution in [-0.4, -0.2) is 66.0 Å². The normalized spacial score (nSPS) is 17.0. The number of rotatable bonds is 10. The standard InChI is InChI=1S/C33H39FN4O3S.2C2H6/c1-22-15-25(19-39)26(27(16-22)23(2)36-29-9-6-7-10-31(29)42(5)40)11-12-30(37(3)4)24-17-28(34)32(35-18-24)38-20-33(21-38)13-8-14-41-33;2*1-2/h6-7,9-12,15-19,23,30,36H,8,13-14,20-21H2,1-5H3;2*1-2H3/t23-,30?,42?;;/m1../s1. The summed E-state index contributed by atoms with van der Waals surface area (Å²) in [5.74, 6) is 0.00798. The number of hydrogen-bond donors (Lipinski definition) is 1. The molecule has 0 bridgehead atoms. The first-order valence-corrected chi connectivity index (χ1v) is 17.8. The Morgan fingerprint density at radius 1 is 1.13 bits per heavy atom. The van der Waals surface area contributed by atoms with Crippen LogP contribution in [0.2, 0.25) is 0 Å². The number of aldehydes is 1. The molecule has 0 amide bonds. The van der Waals surface area contributed by atoms with Gasteiger partial charge in [-0.05, 0) is 81.7 Å². The molecular formula is C37H51FN4O3S. The molecule has 2 saturated heterocycles. The van der Waals surface area contributed by atoms with Crippen molar-refractivity contribution in [1.82, 2.24) is 9.88 Å². The quantitative estimate of drug-likeness (QED) is 0.223. The number of halogens is 1. The van der Waals surface area contributed by atoms with Crippen LogP contribution in [-0.2, 0) is 15.5 Å². The second-order valence-electron chi connectivity index (χ2n) is 11.6. The molecule has 5 rings (SSSR count). The molecular weight excluding hydrogens is 599 g/mol. The van der Waals surface area contributed by atoms with Crippen molar-refractivity contribution < 1.29 is 18.1 Å². The molecule has 0 saturated carbocycles. The zero-order valence-corrected chi connectivity index (χ0v) is 29.7. The lowest BCUT2D eigenvalue weighted by atomic mass is 9.91. The summed E-state index contributed by atoms with van der Waals surface area (Å²) >= 11 is 0. The molecule has 1 aromatic heterocycles. The minimum absolute atomic E-state index is 0.134. The average molecular weight is 651 g/mol. The Bertz CT molecular complexity index is 1510. The van der Waals surface area contributed by atoms with Crippen molar-refractivity contribution in [2.24, 2.45) is 0 Å². The van der Waals surface area contributed by atoms with Gasteiger partial charge in [-0.1, -0.05) is 63.6 Å². The minimum atomic E-state index is -1.16. The zero-order valence-electron chi connectivity index (χ0n) is 28.9. The van der Waals surface area contributed by atoms with Gasteiger partial charge in [0.1, 0.15) is 5.60 Å². The van der Waals surface area contributed by atoms with Crippen LogP contribution in [0.15, 0.2) is 59.6 Å². The molecule has 3 aromatic rings. The van der Waals surface area contributed by atoms with Gasteiger partial charge in [0.2, 0.25) is 0 Å². The van der Waals surface area contributed by atoms with E-state index in [1.807, 2.05) is 108 Å². The highest BCUT2D eigenvalue weighted by atomic mass is 32.2. The fourth-order valence-corrected chi connectivity index (χ4v) is 6.77. The van der Waals surface area contributed by atoms with E-state index in [-0.39, 0.29) is 23.5 Å². The van der Waals surface area contributed by atoms with Gasteiger partial charge in [0.05, 0.1) is 40.5 Å². The number of ether oxygens (including phenoxy) is 1. The molecule has 250 valence electrons. The number of likely N-dealkylation sites (N-methyl/N-ethyl adjacent to an activating group) is 1. The molecule has 2 unspecified atom stereocenters. The Hall–Kier alpha value is -3.40. The number of nitrogens with one attached hydrogen (secondary N) is 1. The summed E-state index contributed by atoms with van der Waals surface area (Å²) in [6, 6.07) is 12.6. The van der Waals surface area contributed by atoms with Crippen LogP contribution < -0.4 is 10.2 Å². The predicted octanol–water partition coefficient (Wildman–Crippen LogP) is 7.99. The summed E-state index contributed by atoms with van der Waals surface area (Å²) in [5, 5.41) is 3.50. The van der Waals surface area contributed by atoms with Crippen molar-refractivity contribution in [3.8, 4) is 0 Å². The molecule has 2 aromatic carbocycles. The van der Waals surface area contributed by atoms with E-state index >= 15 is 4.39 Å². The van der Waals surface area contributed by atoms with Gasteiger partial charge >= 0.3 is 0 Å². The SMILES string of the molecule is CC.CC.Cc1cc(C=O)c(C=CC(c2cnc(N3CC4(CCCO4)C3)c(F)c2)N(C)C)c([C@@H](C)Nc2ccccc2S(C)=O)c1. The smallest absolute Gasteiger partial charge is 0.166 e. The number of carbonyl (C=O) groups excluding carboxylic acids is 1. The van der Waals surface area contributed by atoms with Crippen LogP contribution in [0.25, 0.3) is 6.08 Å². The van der Waals surface area contributed by atoms with Crippen LogP contribution in [0.1, 0.15) is 92.2 Å². The first kappa shape index (κ1) is 37.1. The maximum Gasteiger partial charge on any atom is 0.166 e. The minimum Gasteiger partial charge on any atom is -0.378 e. The number of carbonyl (C=O) groups is 1. The highest BCUT2D eigenvalue weighted by molar-refractivity contribution is 7.84. The number of anilines is 2. The summed E-state index contributed by atoms with van der Waals surface area (Å²) in [5.41, 5.74) is 4.62. The first-order chi connectivity index (χ1) is 22.1. The monoisotopic (exact) mass is 650 g/mol. The van der Waals surface area contributed by atoms with Crippen molar-refractivity contribution in [1.29, 1.82) is 0 Å². The van der Waals surface area contributed by atoms with Gasteiger partial charge in [0.15, 0.2) is 17.9 Å². The van der Waals surface area contributed by atoms with E-state index < -0.39 is 10.8 Å². The van der Waals surface area contributed by atoms with Gasteiger partial charge in [-0.25, -0.2) is 9.37 Å². The van der Waals surface area contributed by atoms with Crippen LogP contribution in [0.3, 0.4) is 0 Å². The van der Waals surface area contributed by atoms with Gasteiger partial charge in [0.25, 0.3) is 0 Å². The number of aryl methyl sites for hydroxylation is 1. The molecule has 46 heavy (non-hydrogen) atoms. The van der Waals surface area contributed by atoms with Gasteiger partial charge in [-0.2, -0.15) is 0 Å². The maximum atomic E-state index is 15.3. The topological polar surface area (TPSA) is 74.8 Å². The van der Waals surface area contributed by atoms with E-state index in [4.69, 9.17) is 4.74 Å². The fourth-order valence-electron chi connectivity index (χ4n) is 6.06. The highest BCUT2D eigenvalue weighted by Gasteiger charge is 2.47. The molecule has 7 nitrogen and oxygen atoms in total. The largest absolute Gasteiger partial charge is 0.378 e. The number of aromatic nitrogens is 1. The number of benzene rings is 2. The van der Waals surface area contributed by atoms with Crippen LogP contribution in [0, 0.1) is 12.7 Å². The Morgan fingerprint density at radius 3 is 2.41 bits per heavy atom. The van der Waals surface area contributed by atoms with Crippen molar-refractivity contribution in [2.75, 3.05) is 50.3 Å². The van der Waals surface area contributed by atoms with Gasteiger partial charge in [0, 0.05) is 30.7 Å². The van der Waals surface area contributed by atoms with Crippen LogP contribution in [0.5, 0.6) is 0 Å². The third-order valence-electron chi connectivity index (χ3n) is 8.18. The Kier molecular flexibility index (Phi) is 13.7. The molecule has 3 heterocycles. The summed E-state index contributed by atoms with van der Waals surface area (Å²) in [7, 11) is 2.71. The lowest BCUT2D eigenvalue weighted by Crippen LogP contribution is -2.62. The number of nitrogens with zero attached hydrogens (tertiary/aromatic N) is 3. The van der Waals surface area contributed by atoms with Crippen molar-refractivity contribution in [3.05, 3.63) is 88.4 Å². The molecule has 1 N–H and O–H groups in total. The second kappa shape index (κ2) is 17.0. The average Bonchev–Trinajstić information content (AvgIpc) is 3.53. The molecule has 2 aliphatic rings. The van der Waals surface area contributed by atoms with E-state index in [2.05, 4.69) is 16.4 Å². The summed E-state index contributed by atoms with van der Waals surface area (Å²) < 4.78 is 33.5. The lowest BCUT2D eigenvalue weighted by Gasteiger charge is -2.47. The van der Waals surface area contributed by atoms with E-state index in [9.17, 15) is 9.00 Å². The lowest BCUT2D eigenvalue weighted by molar-refractivity contribution is -0.0187. The summed E-state index contributed by atoms with van der Waals surface area (Å²) in [6.07, 6.45) is 10.2. The Labute approximate surface area is 277 Å². The number of pyridine rings is 1. The molecule has 1 spiro atoms. The molecule has 2 aliphatic heterocycles. The maximum absolute atomic E-state index is 15.3. The number of hydrogen-bond acceptors (Lipinski definition) is 7. The molecule has 9 heteroatoms. The van der Waals surface area contributed by atoms with Crippen LogP contribution >= 0.6 is 0 Å². The van der Waals surface area contributed by atoms with Gasteiger partial charge < -0.3 is 15.0 Å². The van der Waals surface area contributed by atoms with Crippen molar-refractivity contribution >= 4 is 34.7 Å². The molecule has 3 atom stereocenters. The van der Waals surface area contributed by atoms with E-state index in [0.29, 0.717) is 24.5 Å². The van der Waals surface area contributed by atoms with E-state index in [1.165, 1.54) is 0 Å². The van der Waals surface area contributed by atoms with Gasteiger partial charge in [-0.15, -0.1) is 0 Å². The highest BCUT2D eigenvalue weighted by Crippen LogP contribution is 2.38.